The van der Waals surface area contributed by atoms with Crippen molar-refractivity contribution >= 4 is 28.4 Å². The molecule has 0 unspecified atom stereocenters. The summed E-state index contributed by atoms with van der Waals surface area (Å²) in [5.41, 5.74) is 1.34. The first-order valence-corrected chi connectivity index (χ1v) is 9.21. The maximum Gasteiger partial charge on any atom is 0.251 e. The molecule has 0 aliphatic rings. The van der Waals surface area contributed by atoms with E-state index in [9.17, 15) is 9.59 Å². The molecular formula is C20H19N3O2S. The number of aromatic amines is 1. The standard InChI is InChI=1S/C20H19N3O2S/c1-2-9-21-18(24)11-17-12-19(25)23-20(22-17)26-13-14-7-8-15-5-3-4-6-16(15)10-14/h2-8,10,12H,1,9,11,13H2,(H,21,24)(H,22,23,25). The monoisotopic (exact) mass is 365 g/mol. The number of hydrogen-bond donors (Lipinski definition) is 2. The van der Waals surface area contributed by atoms with Crippen molar-refractivity contribution in [1.29, 1.82) is 0 Å². The summed E-state index contributed by atoms with van der Waals surface area (Å²) in [5.74, 6) is 0.494. The molecule has 0 fully saturated rings. The minimum Gasteiger partial charge on any atom is -0.352 e. The fourth-order valence-electron chi connectivity index (χ4n) is 2.54. The predicted molar refractivity (Wildman–Crippen MR) is 105 cm³/mol. The van der Waals surface area contributed by atoms with Crippen molar-refractivity contribution < 1.29 is 4.79 Å². The molecule has 2 aromatic carbocycles. The SMILES string of the molecule is C=CCNC(=O)Cc1cc(=O)[nH]c(SCc2ccc3ccccc3c2)n1. The van der Waals surface area contributed by atoms with E-state index in [1.54, 1.807) is 6.08 Å². The zero-order valence-electron chi connectivity index (χ0n) is 14.2. The Bertz CT molecular complexity index is 998. The summed E-state index contributed by atoms with van der Waals surface area (Å²) in [6.45, 7) is 3.95. The quantitative estimate of drug-likeness (QED) is 0.383. The van der Waals surface area contributed by atoms with E-state index in [0.29, 0.717) is 23.1 Å². The minimum absolute atomic E-state index is 0.0707. The molecule has 0 radical (unpaired) electrons. The van der Waals surface area contributed by atoms with Gasteiger partial charge in [-0.25, -0.2) is 4.98 Å². The molecule has 0 bridgehead atoms. The average molecular weight is 365 g/mol. The lowest BCUT2D eigenvalue weighted by molar-refractivity contribution is -0.120. The van der Waals surface area contributed by atoms with Crippen LogP contribution in [0.1, 0.15) is 11.3 Å². The van der Waals surface area contributed by atoms with E-state index < -0.39 is 0 Å². The highest BCUT2D eigenvalue weighted by molar-refractivity contribution is 7.98. The van der Waals surface area contributed by atoms with E-state index in [0.717, 1.165) is 5.56 Å². The molecule has 1 aromatic heterocycles. The first-order chi connectivity index (χ1) is 12.6. The van der Waals surface area contributed by atoms with E-state index in [-0.39, 0.29) is 17.9 Å². The number of hydrogen-bond acceptors (Lipinski definition) is 4. The van der Waals surface area contributed by atoms with Gasteiger partial charge in [-0.15, -0.1) is 6.58 Å². The average Bonchev–Trinajstić information content (AvgIpc) is 2.64. The van der Waals surface area contributed by atoms with Gasteiger partial charge in [-0.3, -0.25) is 9.59 Å². The summed E-state index contributed by atoms with van der Waals surface area (Å²) in [6, 6.07) is 15.8. The highest BCUT2D eigenvalue weighted by Gasteiger charge is 2.08. The molecule has 3 aromatic rings. The number of rotatable bonds is 7. The van der Waals surface area contributed by atoms with Crippen LogP contribution in [0, 0.1) is 0 Å². The number of H-pyrrole nitrogens is 1. The third kappa shape index (κ3) is 4.83. The van der Waals surface area contributed by atoms with Crippen LogP contribution in [0.5, 0.6) is 0 Å². The Balaban J connectivity index is 1.69. The van der Waals surface area contributed by atoms with Crippen LogP contribution in [0.25, 0.3) is 10.8 Å². The molecule has 1 heterocycles. The van der Waals surface area contributed by atoms with Gasteiger partial charge in [0.15, 0.2) is 5.16 Å². The van der Waals surface area contributed by atoms with Crippen LogP contribution in [0.4, 0.5) is 0 Å². The molecule has 5 nitrogen and oxygen atoms in total. The Morgan fingerprint density at radius 2 is 2.00 bits per heavy atom. The Morgan fingerprint density at radius 1 is 1.19 bits per heavy atom. The van der Waals surface area contributed by atoms with E-state index >= 15 is 0 Å². The molecule has 0 saturated carbocycles. The highest BCUT2D eigenvalue weighted by Crippen LogP contribution is 2.22. The molecule has 3 rings (SSSR count). The van der Waals surface area contributed by atoms with Gasteiger partial charge in [0.05, 0.1) is 12.1 Å². The lowest BCUT2D eigenvalue weighted by Crippen LogP contribution is -2.26. The van der Waals surface area contributed by atoms with Crippen LogP contribution in [-0.2, 0) is 17.0 Å². The maximum absolute atomic E-state index is 11.8. The van der Waals surface area contributed by atoms with E-state index in [2.05, 4.69) is 52.2 Å². The van der Waals surface area contributed by atoms with Crippen molar-refractivity contribution in [2.24, 2.45) is 0 Å². The zero-order valence-corrected chi connectivity index (χ0v) is 15.0. The predicted octanol–water partition coefficient (Wildman–Crippen LogP) is 3.06. The number of thioether (sulfide) groups is 1. The Labute approximate surface area is 155 Å². The van der Waals surface area contributed by atoms with Crippen LogP contribution in [0.2, 0.25) is 0 Å². The highest BCUT2D eigenvalue weighted by atomic mass is 32.2. The molecule has 0 saturated heterocycles. The second kappa shape index (κ2) is 8.49. The van der Waals surface area contributed by atoms with Crippen LogP contribution in [0.3, 0.4) is 0 Å². The molecular weight excluding hydrogens is 346 g/mol. The topological polar surface area (TPSA) is 74.8 Å². The normalized spacial score (nSPS) is 10.6. The number of benzene rings is 2. The van der Waals surface area contributed by atoms with Crippen molar-refractivity contribution in [3.63, 3.8) is 0 Å². The second-order valence-corrected chi connectivity index (χ2v) is 6.75. The molecule has 0 spiro atoms. The van der Waals surface area contributed by atoms with Gasteiger partial charge in [-0.1, -0.05) is 60.3 Å². The lowest BCUT2D eigenvalue weighted by Gasteiger charge is -2.06. The van der Waals surface area contributed by atoms with E-state index in [4.69, 9.17) is 0 Å². The van der Waals surface area contributed by atoms with Gasteiger partial charge >= 0.3 is 0 Å². The third-order valence-electron chi connectivity index (χ3n) is 3.75. The van der Waals surface area contributed by atoms with Gasteiger partial charge in [0.25, 0.3) is 5.56 Å². The van der Waals surface area contributed by atoms with Crippen LogP contribution in [0.15, 0.2) is 71.1 Å². The van der Waals surface area contributed by atoms with Crippen molar-refractivity contribution in [2.75, 3.05) is 6.54 Å². The van der Waals surface area contributed by atoms with E-state index in [1.807, 2.05) is 12.1 Å². The Kier molecular flexibility index (Phi) is 5.86. The summed E-state index contributed by atoms with van der Waals surface area (Å²) in [4.78, 5) is 30.7. The van der Waals surface area contributed by atoms with Crippen LogP contribution in [-0.4, -0.2) is 22.4 Å². The first kappa shape index (κ1) is 17.9. The van der Waals surface area contributed by atoms with Crippen LogP contribution < -0.4 is 10.9 Å². The van der Waals surface area contributed by atoms with Gasteiger partial charge in [0.1, 0.15) is 0 Å². The molecule has 0 aliphatic heterocycles. The number of carbonyl (C=O) groups excluding carboxylic acids is 1. The minimum atomic E-state index is -0.257. The smallest absolute Gasteiger partial charge is 0.251 e. The van der Waals surface area contributed by atoms with Crippen molar-refractivity contribution in [3.8, 4) is 0 Å². The molecule has 0 aliphatic carbocycles. The number of nitrogens with one attached hydrogen (secondary N) is 2. The molecule has 132 valence electrons. The second-order valence-electron chi connectivity index (χ2n) is 5.78. The summed E-state index contributed by atoms with van der Waals surface area (Å²) in [5, 5.41) is 5.56. The van der Waals surface area contributed by atoms with Crippen molar-refractivity contribution in [2.45, 2.75) is 17.3 Å². The molecule has 6 heteroatoms. The summed E-state index contributed by atoms with van der Waals surface area (Å²) in [7, 11) is 0. The van der Waals surface area contributed by atoms with Crippen molar-refractivity contribution in [1.82, 2.24) is 15.3 Å². The number of nitrogens with zero attached hydrogens (tertiary/aromatic N) is 1. The zero-order chi connectivity index (χ0) is 18.4. The molecule has 2 N–H and O–H groups in total. The summed E-state index contributed by atoms with van der Waals surface area (Å²) in [6.07, 6.45) is 1.68. The van der Waals surface area contributed by atoms with Gasteiger partial charge in [0, 0.05) is 18.4 Å². The molecule has 1 amide bonds. The van der Waals surface area contributed by atoms with Crippen LogP contribution >= 0.6 is 11.8 Å². The first-order valence-electron chi connectivity index (χ1n) is 8.22. The van der Waals surface area contributed by atoms with Gasteiger partial charge < -0.3 is 10.3 Å². The largest absolute Gasteiger partial charge is 0.352 e. The number of fused-ring (bicyclic) bond motifs is 1. The number of amides is 1. The molecule has 26 heavy (non-hydrogen) atoms. The van der Waals surface area contributed by atoms with E-state index in [1.165, 1.54) is 28.6 Å². The van der Waals surface area contributed by atoms with Gasteiger partial charge in [-0.2, -0.15) is 0 Å². The lowest BCUT2D eigenvalue weighted by atomic mass is 10.1. The Hall–Kier alpha value is -2.86. The summed E-state index contributed by atoms with van der Waals surface area (Å²) < 4.78 is 0. The maximum atomic E-state index is 11.8. The fraction of sp³-hybridized carbons (Fsp3) is 0.150. The van der Waals surface area contributed by atoms with Crippen molar-refractivity contribution in [3.05, 3.63) is 82.8 Å². The Morgan fingerprint density at radius 3 is 2.81 bits per heavy atom. The number of aromatic nitrogens is 2. The third-order valence-corrected chi connectivity index (χ3v) is 4.69. The van der Waals surface area contributed by atoms with Gasteiger partial charge in [0.2, 0.25) is 5.91 Å². The number of carbonyl (C=O) groups is 1. The summed E-state index contributed by atoms with van der Waals surface area (Å²) >= 11 is 1.44. The van der Waals surface area contributed by atoms with Gasteiger partial charge in [-0.05, 0) is 16.3 Å². The molecule has 0 atom stereocenters. The fourth-order valence-corrected chi connectivity index (χ4v) is 3.37.